The van der Waals surface area contributed by atoms with E-state index >= 15 is 0 Å². The van der Waals surface area contributed by atoms with Crippen molar-refractivity contribution in [1.82, 2.24) is 15.1 Å². The quantitative estimate of drug-likeness (QED) is 0.786. The molecule has 2 unspecified atom stereocenters. The largest absolute Gasteiger partial charge is 0.444 e. The highest BCUT2D eigenvalue weighted by molar-refractivity contribution is 14.1. The summed E-state index contributed by atoms with van der Waals surface area (Å²) in [6.07, 6.45) is 7.74. The molecule has 1 heterocycles. The first-order chi connectivity index (χ1) is 9.33. The molecule has 0 spiro atoms. The van der Waals surface area contributed by atoms with E-state index in [1.165, 1.54) is 0 Å². The molecular formula is C14H22IN3O2. The molecule has 1 aromatic heterocycles. The molecular weight excluding hydrogens is 369 g/mol. The van der Waals surface area contributed by atoms with Crippen molar-refractivity contribution < 1.29 is 9.53 Å². The molecule has 20 heavy (non-hydrogen) atoms. The number of rotatable bonds is 2. The number of hydrogen-bond donors (Lipinski definition) is 1. The standard InChI is InChI=1S/C14H22IN3O2/c1-14(2,3)20-13(19)17-11-5-4-6-12(7-11)18-9-10(15)8-16-18/h8-9,11-12H,4-7H2,1-3H3,(H,17,19). The van der Waals surface area contributed by atoms with Crippen LogP contribution in [0.15, 0.2) is 12.4 Å². The van der Waals surface area contributed by atoms with Crippen LogP contribution in [0.3, 0.4) is 0 Å². The third-order valence-electron chi connectivity index (χ3n) is 3.31. The molecule has 1 amide bonds. The summed E-state index contributed by atoms with van der Waals surface area (Å²) in [6, 6.07) is 0.540. The van der Waals surface area contributed by atoms with Crippen LogP contribution in [0.4, 0.5) is 4.79 Å². The van der Waals surface area contributed by atoms with Crippen molar-refractivity contribution in [3.05, 3.63) is 16.0 Å². The second kappa shape index (κ2) is 6.32. The number of nitrogens with zero attached hydrogens (tertiary/aromatic N) is 2. The minimum absolute atomic E-state index is 0.172. The summed E-state index contributed by atoms with van der Waals surface area (Å²) < 4.78 is 8.47. The van der Waals surface area contributed by atoms with Gasteiger partial charge >= 0.3 is 6.09 Å². The van der Waals surface area contributed by atoms with Gasteiger partial charge in [0.2, 0.25) is 0 Å². The molecule has 0 aromatic carbocycles. The van der Waals surface area contributed by atoms with E-state index in [0.29, 0.717) is 6.04 Å². The molecule has 1 N–H and O–H groups in total. The second-order valence-corrected chi connectivity index (χ2v) is 7.55. The van der Waals surface area contributed by atoms with Gasteiger partial charge in [0.15, 0.2) is 0 Å². The van der Waals surface area contributed by atoms with E-state index in [4.69, 9.17) is 4.74 Å². The van der Waals surface area contributed by atoms with Crippen LogP contribution in [0.1, 0.15) is 52.5 Å². The maximum absolute atomic E-state index is 11.8. The Morgan fingerprint density at radius 1 is 1.50 bits per heavy atom. The molecule has 1 aliphatic rings. The number of carbonyl (C=O) groups is 1. The third kappa shape index (κ3) is 4.64. The summed E-state index contributed by atoms with van der Waals surface area (Å²) in [6.45, 7) is 5.63. The lowest BCUT2D eigenvalue weighted by Crippen LogP contribution is -2.41. The van der Waals surface area contributed by atoms with Crippen molar-refractivity contribution in [2.75, 3.05) is 0 Å². The van der Waals surface area contributed by atoms with Crippen LogP contribution in [-0.4, -0.2) is 27.5 Å². The average Bonchev–Trinajstić information content (AvgIpc) is 2.73. The number of aromatic nitrogens is 2. The van der Waals surface area contributed by atoms with E-state index in [9.17, 15) is 4.79 Å². The summed E-state index contributed by atoms with van der Waals surface area (Å²) in [5.41, 5.74) is -0.448. The lowest BCUT2D eigenvalue weighted by molar-refractivity contribution is 0.0485. The molecule has 1 aromatic rings. The van der Waals surface area contributed by atoms with Crippen molar-refractivity contribution in [3.63, 3.8) is 0 Å². The number of halogens is 1. The monoisotopic (exact) mass is 391 g/mol. The lowest BCUT2D eigenvalue weighted by atomic mass is 9.91. The molecule has 2 rings (SSSR count). The fourth-order valence-corrected chi connectivity index (χ4v) is 2.93. The van der Waals surface area contributed by atoms with Crippen LogP contribution in [0, 0.1) is 3.57 Å². The number of nitrogens with one attached hydrogen (secondary N) is 1. The van der Waals surface area contributed by atoms with Gasteiger partial charge in [0.05, 0.1) is 15.8 Å². The molecule has 0 bridgehead atoms. The summed E-state index contributed by atoms with van der Waals surface area (Å²) in [5, 5.41) is 7.36. The summed E-state index contributed by atoms with van der Waals surface area (Å²) in [5.74, 6) is 0. The first-order valence-electron chi connectivity index (χ1n) is 7.02. The van der Waals surface area contributed by atoms with Gasteiger partial charge in [-0.25, -0.2) is 4.79 Å². The first-order valence-corrected chi connectivity index (χ1v) is 8.10. The topological polar surface area (TPSA) is 56.1 Å². The maximum Gasteiger partial charge on any atom is 0.407 e. The molecule has 0 radical (unpaired) electrons. The zero-order valence-electron chi connectivity index (χ0n) is 12.2. The molecule has 1 saturated carbocycles. The zero-order valence-corrected chi connectivity index (χ0v) is 14.4. The van der Waals surface area contributed by atoms with E-state index < -0.39 is 5.60 Å². The number of hydrogen-bond acceptors (Lipinski definition) is 3. The second-order valence-electron chi connectivity index (χ2n) is 6.30. The van der Waals surface area contributed by atoms with Gasteiger partial charge < -0.3 is 10.1 Å². The van der Waals surface area contributed by atoms with Gasteiger partial charge in [-0.15, -0.1) is 0 Å². The Morgan fingerprint density at radius 2 is 2.25 bits per heavy atom. The van der Waals surface area contributed by atoms with Gasteiger partial charge in [-0.2, -0.15) is 5.10 Å². The molecule has 0 saturated heterocycles. The van der Waals surface area contributed by atoms with Crippen molar-refractivity contribution in [2.45, 2.75) is 64.1 Å². The van der Waals surface area contributed by atoms with Gasteiger partial charge in [0, 0.05) is 12.2 Å². The van der Waals surface area contributed by atoms with Crippen molar-refractivity contribution in [3.8, 4) is 0 Å². The van der Waals surface area contributed by atoms with Crippen molar-refractivity contribution in [1.29, 1.82) is 0 Å². The van der Waals surface area contributed by atoms with E-state index in [1.54, 1.807) is 0 Å². The number of ether oxygens (including phenoxy) is 1. The number of alkyl carbamates (subject to hydrolysis) is 1. The molecule has 112 valence electrons. The van der Waals surface area contributed by atoms with Crippen LogP contribution in [0.5, 0.6) is 0 Å². The fourth-order valence-electron chi connectivity index (χ4n) is 2.52. The van der Waals surface area contributed by atoms with E-state index in [1.807, 2.05) is 31.6 Å². The van der Waals surface area contributed by atoms with Gasteiger partial charge in [0.25, 0.3) is 0 Å². The minimum atomic E-state index is -0.448. The number of amides is 1. The van der Waals surface area contributed by atoms with E-state index in [2.05, 4.69) is 39.2 Å². The molecule has 5 nitrogen and oxygen atoms in total. The van der Waals surface area contributed by atoms with Crippen LogP contribution < -0.4 is 5.32 Å². The minimum Gasteiger partial charge on any atom is -0.444 e. The third-order valence-corrected chi connectivity index (χ3v) is 3.87. The zero-order chi connectivity index (χ0) is 14.8. The highest BCUT2D eigenvalue weighted by Gasteiger charge is 2.26. The number of carbonyl (C=O) groups excluding carboxylic acids is 1. The fraction of sp³-hybridized carbons (Fsp3) is 0.714. The smallest absolute Gasteiger partial charge is 0.407 e. The van der Waals surface area contributed by atoms with E-state index in [0.717, 1.165) is 29.3 Å². The van der Waals surface area contributed by atoms with Crippen LogP contribution in [-0.2, 0) is 4.74 Å². The predicted octanol–water partition coefficient (Wildman–Crippen LogP) is 3.50. The SMILES string of the molecule is CC(C)(C)OC(=O)NC1CCCC(n2cc(I)cn2)C1. The molecule has 1 aliphatic carbocycles. The highest BCUT2D eigenvalue weighted by atomic mass is 127. The van der Waals surface area contributed by atoms with Crippen LogP contribution in [0.2, 0.25) is 0 Å². The Balaban J connectivity index is 1.89. The van der Waals surface area contributed by atoms with Gasteiger partial charge in [-0.3, -0.25) is 4.68 Å². The van der Waals surface area contributed by atoms with Crippen molar-refractivity contribution in [2.24, 2.45) is 0 Å². The maximum atomic E-state index is 11.8. The lowest BCUT2D eigenvalue weighted by Gasteiger charge is -2.30. The summed E-state index contributed by atoms with van der Waals surface area (Å²) >= 11 is 2.26. The Kier molecular flexibility index (Phi) is 4.93. The first kappa shape index (κ1) is 15.6. The highest BCUT2D eigenvalue weighted by Crippen LogP contribution is 2.28. The molecule has 6 heteroatoms. The Hall–Kier alpha value is -0.790. The van der Waals surface area contributed by atoms with Gasteiger partial charge in [-0.1, -0.05) is 0 Å². The Labute approximate surface area is 133 Å². The average molecular weight is 391 g/mol. The summed E-state index contributed by atoms with van der Waals surface area (Å²) in [4.78, 5) is 11.8. The van der Waals surface area contributed by atoms with Crippen molar-refractivity contribution >= 4 is 28.7 Å². The summed E-state index contributed by atoms with van der Waals surface area (Å²) in [7, 11) is 0. The molecule has 1 fully saturated rings. The van der Waals surface area contributed by atoms with Gasteiger partial charge in [-0.05, 0) is 69.0 Å². The van der Waals surface area contributed by atoms with E-state index in [-0.39, 0.29) is 12.1 Å². The normalized spacial score (nSPS) is 23.4. The predicted molar refractivity (Wildman–Crippen MR) is 85.6 cm³/mol. The molecule has 2 atom stereocenters. The Bertz CT molecular complexity index is 467. The molecule has 0 aliphatic heterocycles. The van der Waals surface area contributed by atoms with Crippen LogP contribution in [0.25, 0.3) is 0 Å². The van der Waals surface area contributed by atoms with Gasteiger partial charge in [0.1, 0.15) is 5.60 Å². The Morgan fingerprint density at radius 3 is 2.85 bits per heavy atom. The van der Waals surface area contributed by atoms with Crippen LogP contribution >= 0.6 is 22.6 Å².